The molecule has 2 aromatic rings. The van der Waals surface area contributed by atoms with Gasteiger partial charge in [0.1, 0.15) is 24.2 Å². The van der Waals surface area contributed by atoms with Crippen molar-refractivity contribution in [3.05, 3.63) is 42.2 Å². The van der Waals surface area contributed by atoms with Crippen LogP contribution in [-0.2, 0) is 11.2 Å². The van der Waals surface area contributed by atoms with E-state index >= 15 is 0 Å². The number of carboxylic acids is 1. The molecule has 0 atom stereocenters. The summed E-state index contributed by atoms with van der Waals surface area (Å²) in [4.78, 5) is 14.3. The predicted octanol–water partition coefficient (Wildman–Crippen LogP) is 2.11. The van der Waals surface area contributed by atoms with Gasteiger partial charge in [0.2, 0.25) is 5.89 Å². The van der Waals surface area contributed by atoms with Crippen LogP contribution in [0.15, 0.2) is 34.9 Å². The van der Waals surface area contributed by atoms with E-state index in [-0.39, 0.29) is 12.3 Å². The van der Waals surface area contributed by atoms with Gasteiger partial charge in [-0.25, -0.2) is 9.37 Å². The second kappa shape index (κ2) is 4.14. The Morgan fingerprint density at radius 2 is 2.19 bits per heavy atom. The molecule has 4 nitrogen and oxygen atoms in total. The Hall–Kier alpha value is -2.17. The van der Waals surface area contributed by atoms with Gasteiger partial charge in [0.25, 0.3) is 0 Å². The summed E-state index contributed by atoms with van der Waals surface area (Å²) in [6.07, 6.45) is 0.936. The molecule has 5 heteroatoms. The number of oxazole rings is 1. The monoisotopic (exact) mass is 221 g/mol. The van der Waals surface area contributed by atoms with Crippen molar-refractivity contribution in [2.24, 2.45) is 0 Å². The highest BCUT2D eigenvalue weighted by Gasteiger charge is 2.11. The first-order valence-electron chi connectivity index (χ1n) is 4.58. The quantitative estimate of drug-likeness (QED) is 0.862. The van der Waals surface area contributed by atoms with Crippen molar-refractivity contribution in [3.8, 4) is 11.3 Å². The van der Waals surface area contributed by atoms with E-state index in [2.05, 4.69) is 4.98 Å². The summed E-state index contributed by atoms with van der Waals surface area (Å²) in [5.74, 6) is -1.40. The van der Waals surface area contributed by atoms with Crippen LogP contribution in [0.4, 0.5) is 4.39 Å². The zero-order valence-corrected chi connectivity index (χ0v) is 8.18. The largest absolute Gasteiger partial charge is 0.481 e. The Labute approximate surface area is 90.4 Å². The van der Waals surface area contributed by atoms with Crippen LogP contribution < -0.4 is 0 Å². The van der Waals surface area contributed by atoms with Crippen LogP contribution in [0.1, 0.15) is 5.89 Å². The zero-order valence-electron chi connectivity index (χ0n) is 8.18. The van der Waals surface area contributed by atoms with E-state index in [0.717, 1.165) is 0 Å². The highest BCUT2D eigenvalue weighted by atomic mass is 19.1. The molecule has 0 unspecified atom stereocenters. The first-order valence-corrected chi connectivity index (χ1v) is 4.58. The van der Waals surface area contributed by atoms with Gasteiger partial charge in [-0.2, -0.15) is 0 Å². The van der Waals surface area contributed by atoms with Crippen molar-refractivity contribution in [3.63, 3.8) is 0 Å². The minimum Gasteiger partial charge on any atom is -0.481 e. The molecule has 0 saturated heterocycles. The fraction of sp³-hybridized carbons (Fsp3) is 0.0909. The van der Waals surface area contributed by atoms with E-state index in [0.29, 0.717) is 11.3 Å². The van der Waals surface area contributed by atoms with Gasteiger partial charge >= 0.3 is 5.97 Å². The first-order chi connectivity index (χ1) is 7.66. The molecule has 0 amide bonds. The topological polar surface area (TPSA) is 63.3 Å². The maximum absolute atomic E-state index is 13.3. The Morgan fingerprint density at radius 1 is 1.44 bits per heavy atom. The van der Waals surface area contributed by atoms with Gasteiger partial charge in [-0.05, 0) is 12.1 Å². The Bertz CT molecular complexity index is 521. The predicted molar refractivity (Wildman–Crippen MR) is 53.2 cm³/mol. The number of aliphatic carboxylic acids is 1. The summed E-state index contributed by atoms with van der Waals surface area (Å²) in [5, 5.41) is 8.53. The van der Waals surface area contributed by atoms with Gasteiger partial charge in [-0.3, -0.25) is 4.79 Å². The number of benzene rings is 1. The second-order valence-electron chi connectivity index (χ2n) is 3.18. The molecular weight excluding hydrogens is 213 g/mol. The number of carbonyl (C=O) groups is 1. The van der Waals surface area contributed by atoms with Gasteiger partial charge in [-0.1, -0.05) is 12.1 Å². The summed E-state index contributed by atoms with van der Waals surface area (Å²) < 4.78 is 18.3. The standard InChI is InChI=1S/C11H8FNO3/c12-8-4-2-1-3-7(8)9-6-16-10(13-9)5-11(14)15/h1-4,6H,5H2,(H,14,15). The van der Waals surface area contributed by atoms with Crippen molar-refractivity contribution in [2.45, 2.75) is 6.42 Å². The molecule has 1 aromatic heterocycles. The van der Waals surface area contributed by atoms with Crippen molar-refractivity contribution in [1.82, 2.24) is 4.98 Å². The highest BCUT2D eigenvalue weighted by molar-refractivity contribution is 5.69. The van der Waals surface area contributed by atoms with E-state index in [1.54, 1.807) is 18.2 Å². The molecule has 0 fully saturated rings. The maximum atomic E-state index is 13.3. The molecule has 2 rings (SSSR count). The molecule has 0 aliphatic heterocycles. The van der Waals surface area contributed by atoms with Crippen LogP contribution in [0.5, 0.6) is 0 Å². The molecule has 1 aromatic carbocycles. The molecule has 0 bridgehead atoms. The van der Waals surface area contributed by atoms with E-state index in [4.69, 9.17) is 9.52 Å². The molecule has 0 saturated carbocycles. The molecule has 1 heterocycles. The van der Waals surface area contributed by atoms with Crippen LogP contribution in [0.25, 0.3) is 11.3 Å². The number of hydrogen-bond donors (Lipinski definition) is 1. The highest BCUT2D eigenvalue weighted by Crippen LogP contribution is 2.21. The van der Waals surface area contributed by atoms with E-state index in [9.17, 15) is 9.18 Å². The van der Waals surface area contributed by atoms with Crippen LogP contribution in [0.3, 0.4) is 0 Å². The summed E-state index contributed by atoms with van der Waals surface area (Å²) >= 11 is 0. The normalized spacial score (nSPS) is 10.3. The average Bonchev–Trinajstić information content (AvgIpc) is 2.66. The van der Waals surface area contributed by atoms with Gasteiger partial charge in [-0.15, -0.1) is 0 Å². The van der Waals surface area contributed by atoms with E-state index in [1.165, 1.54) is 12.3 Å². The molecule has 82 valence electrons. The lowest BCUT2D eigenvalue weighted by Crippen LogP contribution is -1.99. The fourth-order valence-electron chi connectivity index (χ4n) is 1.31. The lowest BCUT2D eigenvalue weighted by Gasteiger charge is -1.95. The molecular formula is C11H8FNO3. The molecule has 0 radical (unpaired) electrons. The fourth-order valence-corrected chi connectivity index (χ4v) is 1.31. The van der Waals surface area contributed by atoms with E-state index < -0.39 is 11.8 Å². The number of hydrogen-bond acceptors (Lipinski definition) is 3. The molecule has 1 N–H and O–H groups in total. The van der Waals surface area contributed by atoms with Crippen molar-refractivity contribution in [2.75, 3.05) is 0 Å². The van der Waals surface area contributed by atoms with Gasteiger partial charge in [0.05, 0.1) is 0 Å². The summed E-state index contributed by atoms with van der Waals surface area (Å²) in [7, 11) is 0. The van der Waals surface area contributed by atoms with Crippen LogP contribution in [0.2, 0.25) is 0 Å². The number of halogens is 1. The van der Waals surface area contributed by atoms with Crippen molar-refractivity contribution >= 4 is 5.97 Å². The number of carboxylic acid groups (broad SMARTS) is 1. The molecule has 0 aliphatic carbocycles. The van der Waals surface area contributed by atoms with Crippen LogP contribution in [-0.4, -0.2) is 16.1 Å². The van der Waals surface area contributed by atoms with Crippen LogP contribution >= 0.6 is 0 Å². The zero-order chi connectivity index (χ0) is 11.5. The smallest absolute Gasteiger partial charge is 0.312 e. The number of aromatic nitrogens is 1. The lowest BCUT2D eigenvalue weighted by atomic mass is 10.1. The molecule has 0 spiro atoms. The minimum atomic E-state index is -1.04. The van der Waals surface area contributed by atoms with Gasteiger partial charge < -0.3 is 9.52 Å². The van der Waals surface area contributed by atoms with Crippen molar-refractivity contribution < 1.29 is 18.7 Å². The van der Waals surface area contributed by atoms with Gasteiger partial charge in [0, 0.05) is 5.56 Å². The third-order valence-corrected chi connectivity index (χ3v) is 2.00. The summed E-state index contributed by atoms with van der Waals surface area (Å²) in [6.45, 7) is 0. The summed E-state index contributed by atoms with van der Waals surface area (Å²) in [5.41, 5.74) is 0.595. The molecule has 0 aliphatic rings. The average molecular weight is 221 g/mol. The maximum Gasteiger partial charge on any atom is 0.312 e. The van der Waals surface area contributed by atoms with Gasteiger partial charge in [0.15, 0.2) is 0 Å². The Morgan fingerprint density at radius 3 is 2.88 bits per heavy atom. The third kappa shape index (κ3) is 2.08. The number of nitrogens with zero attached hydrogens (tertiary/aromatic N) is 1. The second-order valence-corrected chi connectivity index (χ2v) is 3.18. The first kappa shape index (κ1) is 10.4. The lowest BCUT2D eigenvalue weighted by molar-refractivity contribution is -0.136. The summed E-state index contributed by atoms with van der Waals surface area (Å²) in [6, 6.07) is 6.10. The minimum absolute atomic E-state index is 0.0609. The SMILES string of the molecule is O=C(O)Cc1nc(-c2ccccc2F)co1. The van der Waals surface area contributed by atoms with Crippen LogP contribution in [0, 0.1) is 5.82 Å². The third-order valence-electron chi connectivity index (χ3n) is 2.00. The number of rotatable bonds is 3. The Kier molecular flexibility index (Phi) is 2.68. The van der Waals surface area contributed by atoms with Crippen molar-refractivity contribution in [1.29, 1.82) is 0 Å². The van der Waals surface area contributed by atoms with E-state index in [1.807, 2.05) is 0 Å². The molecule has 16 heavy (non-hydrogen) atoms. The Balaban J connectivity index is 2.32.